The van der Waals surface area contributed by atoms with E-state index in [2.05, 4.69) is 21.3 Å². The summed E-state index contributed by atoms with van der Waals surface area (Å²) in [6.45, 7) is 0. The van der Waals surface area contributed by atoms with E-state index in [4.69, 9.17) is 12.3 Å². The molecule has 0 aliphatic carbocycles. The summed E-state index contributed by atoms with van der Waals surface area (Å²) in [5, 5.41) is 0. The van der Waals surface area contributed by atoms with E-state index >= 15 is 0 Å². The van der Waals surface area contributed by atoms with Gasteiger partial charge >= 0.3 is 0 Å². The molecule has 1 aromatic carbocycles. The van der Waals surface area contributed by atoms with E-state index in [1.807, 2.05) is 24.3 Å². The van der Waals surface area contributed by atoms with Crippen LogP contribution < -0.4 is 11.3 Å². The van der Waals surface area contributed by atoms with E-state index in [1.54, 1.807) is 6.20 Å². The van der Waals surface area contributed by atoms with Gasteiger partial charge in [-0.15, -0.1) is 12.3 Å². The highest BCUT2D eigenvalue weighted by Crippen LogP contribution is 2.18. The van der Waals surface area contributed by atoms with Crippen molar-refractivity contribution in [3.8, 4) is 12.3 Å². The number of rotatable bonds is 5. The molecule has 0 radical (unpaired) electrons. The normalized spacial score (nSPS) is 12.2. The van der Waals surface area contributed by atoms with Crippen LogP contribution in [0.1, 0.15) is 31.0 Å². The highest BCUT2D eigenvalue weighted by atomic mass is 15.2. The Hall–Kier alpha value is -1.96. The second kappa shape index (κ2) is 6.10. The average Bonchev–Trinajstić information content (AvgIpc) is 2.43. The largest absolute Gasteiger partial charge is 0.271 e. The molecule has 0 amide bonds. The fraction of sp³-hybridized carbons (Fsp3) is 0.286. The lowest BCUT2D eigenvalue weighted by atomic mass is 10.1. The maximum Gasteiger partial charge on any atom is 0.0890 e. The molecule has 0 saturated heterocycles. The van der Waals surface area contributed by atoms with E-state index in [1.165, 1.54) is 0 Å². The van der Waals surface area contributed by atoms with Gasteiger partial charge in [0.25, 0.3) is 0 Å². The van der Waals surface area contributed by atoms with Crippen LogP contribution >= 0.6 is 0 Å². The predicted octanol–water partition coefficient (Wildman–Crippen LogP) is 1.94. The predicted molar refractivity (Wildman–Crippen MR) is 72.3 cm³/mol. The summed E-state index contributed by atoms with van der Waals surface area (Å²) in [5.74, 6) is 8.19. The Morgan fingerprint density at radius 1 is 1.33 bits per heavy atom. The SMILES string of the molecule is C#CCCCC(NN)c1cnc2ccccc2n1. The summed E-state index contributed by atoms with van der Waals surface area (Å²) < 4.78 is 0. The van der Waals surface area contributed by atoms with Crippen LogP contribution in [-0.4, -0.2) is 9.97 Å². The van der Waals surface area contributed by atoms with Gasteiger partial charge in [-0.2, -0.15) is 0 Å². The molecule has 4 nitrogen and oxygen atoms in total. The minimum Gasteiger partial charge on any atom is -0.271 e. The molecule has 1 heterocycles. The lowest BCUT2D eigenvalue weighted by Crippen LogP contribution is -2.28. The summed E-state index contributed by atoms with van der Waals surface area (Å²) in [6.07, 6.45) is 9.53. The number of unbranched alkanes of at least 4 members (excludes halogenated alkanes) is 1. The number of nitrogens with two attached hydrogens (primary N) is 1. The Morgan fingerprint density at radius 3 is 2.83 bits per heavy atom. The Kier molecular flexibility index (Phi) is 4.24. The number of nitrogens with one attached hydrogen (secondary N) is 1. The van der Waals surface area contributed by atoms with Crippen molar-refractivity contribution >= 4 is 11.0 Å². The van der Waals surface area contributed by atoms with Crippen LogP contribution in [0.15, 0.2) is 30.5 Å². The zero-order valence-electron chi connectivity index (χ0n) is 10.1. The lowest BCUT2D eigenvalue weighted by Gasteiger charge is -2.14. The van der Waals surface area contributed by atoms with Gasteiger partial charge in [0.2, 0.25) is 0 Å². The van der Waals surface area contributed by atoms with Crippen molar-refractivity contribution in [3.05, 3.63) is 36.2 Å². The first-order chi connectivity index (χ1) is 8.85. The maximum atomic E-state index is 5.56. The lowest BCUT2D eigenvalue weighted by molar-refractivity contribution is 0.491. The van der Waals surface area contributed by atoms with E-state index < -0.39 is 0 Å². The van der Waals surface area contributed by atoms with Gasteiger partial charge in [0, 0.05) is 6.42 Å². The van der Waals surface area contributed by atoms with Crippen LogP contribution in [-0.2, 0) is 0 Å². The van der Waals surface area contributed by atoms with Crippen molar-refractivity contribution in [2.24, 2.45) is 5.84 Å². The van der Waals surface area contributed by atoms with Crippen molar-refractivity contribution < 1.29 is 0 Å². The molecule has 2 rings (SSSR count). The topological polar surface area (TPSA) is 63.8 Å². The fourth-order valence-electron chi connectivity index (χ4n) is 1.86. The van der Waals surface area contributed by atoms with Crippen molar-refractivity contribution in [2.75, 3.05) is 0 Å². The molecule has 0 saturated carbocycles. The molecule has 0 aliphatic heterocycles. The highest BCUT2D eigenvalue weighted by molar-refractivity contribution is 5.73. The summed E-state index contributed by atoms with van der Waals surface area (Å²) >= 11 is 0. The number of terminal acetylenes is 1. The van der Waals surface area contributed by atoms with Gasteiger partial charge in [-0.1, -0.05) is 12.1 Å². The van der Waals surface area contributed by atoms with Gasteiger partial charge in [0.1, 0.15) is 0 Å². The molecule has 2 aromatic rings. The third-order valence-electron chi connectivity index (χ3n) is 2.84. The smallest absolute Gasteiger partial charge is 0.0890 e. The Balaban J connectivity index is 2.20. The molecule has 0 fully saturated rings. The van der Waals surface area contributed by atoms with Gasteiger partial charge in [-0.3, -0.25) is 16.3 Å². The molecule has 92 valence electrons. The molecule has 0 spiro atoms. The number of fused-ring (bicyclic) bond motifs is 1. The van der Waals surface area contributed by atoms with Gasteiger partial charge < -0.3 is 0 Å². The van der Waals surface area contributed by atoms with Crippen LogP contribution in [0.25, 0.3) is 11.0 Å². The number of benzene rings is 1. The first-order valence-electron chi connectivity index (χ1n) is 5.96. The standard InChI is InChI=1S/C14H16N4/c1-2-3-4-9-13(18-15)14-10-16-11-7-5-6-8-12(11)17-14/h1,5-8,10,13,18H,3-4,9,15H2. The monoisotopic (exact) mass is 240 g/mol. The van der Waals surface area contributed by atoms with Gasteiger partial charge in [0.05, 0.1) is 29.0 Å². The number of hydrogen-bond acceptors (Lipinski definition) is 4. The zero-order chi connectivity index (χ0) is 12.8. The number of hydrazine groups is 1. The van der Waals surface area contributed by atoms with Crippen LogP contribution in [0.3, 0.4) is 0 Å². The van der Waals surface area contributed by atoms with Crippen LogP contribution in [0.5, 0.6) is 0 Å². The summed E-state index contributed by atoms with van der Waals surface area (Å²) in [6, 6.07) is 7.78. The van der Waals surface area contributed by atoms with E-state index in [0.29, 0.717) is 0 Å². The molecular formula is C14H16N4. The van der Waals surface area contributed by atoms with E-state index in [-0.39, 0.29) is 6.04 Å². The highest BCUT2D eigenvalue weighted by Gasteiger charge is 2.11. The molecule has 4 heteroatoms. The molecular weight excluding hydrogens is 224 g/mol. The van der Waals surface area contributed by atoms with E-state index in [9.17, 15) is 0 Å². The van der Waals surface area contributed by atoms with Gasteiger partial charge in [0.15, 0.2) is 0 Å². The zero-order valence-corrected chi connectivity index (χ0v) is 10.1. The Morgan fingerprint density at radius 2 is 2.11 bits per heavy atom. The number of nitrogens with zero attached hydrogens (tertiary/aromatic N) is 2. The number of aromatic nitrogens is 2. The quantitative estimate of drug-likeness (QED) is 0.363. The molecule has 1 aromatic heterocycles. The van der Waals surface area contributed by atoms with Crippen molar-refractivity contribution in [1.82, 2.24) is 15.4 Å². The van der Waals surface area contributed by atoms with E-state index in [0.717, 1.165) is 36.0 Å². The maximum absolute atomic E-state index is 5.56. The summed E-state index contributed by atoms with van der Waals surface area (Å²) in [5.41, 5.74) is 5.40. The molecule has 18 heavy (non-hydrogen) atoms. The first kappa shape index (κ1) is 12.5. The van der Waals surface area contributed by atoms with Gasteiger partial charge in [-0.05, 0) is 25.0 Å². The molecule has 3 N–H and O–H groups in total. The van der Waals surface area contributed by atoms with Crippen LogP contribution in [0, 0.1) is 12.3 Å². The van der Waals surface area contributed by atoms with Gasteiger partial charge in [-0.25, -0.2) is 4.98 Å². The average molecular weight is 240 g/mol. The second-order valence-electron chi connectivity index (χ2n) is 4.10. The van der Waals surface area contributed by atoms with Crippen molar-refractivity contribution in [2.45, 2.75) is 25.3 Å². The Labute approximate surface area is 107 Å². The second-order valence-corrected chi connectivity index (χ2v) is 4.10. The third kappa shape index (κ3) is 2.83. The van der Waals surface area contributed by atoms with Crippen molar-refractivity contribution in [1.29, 1.82) is 0 Å². The molecule has 1 atom stereocenters. The molecule has 0 aliphatic rings. The number of hydrogen-bond donors (Lipinski definition) is 2. The number of para-hydroxylation sites is 2. The summed E-state index contributed by atoms with van der Waals surface area (Å²) in [4.78, 5) is 8.95. The molecule has 1 unspecified atom stereocenters. The minimum absolute atomic E-state index is 0.00421. The summed E-state index contributed by atoms with van der Waals surface area (Å²) in [7, 11) is 0. The third-order valence-corrected chi connectivity index (χ3v) is 2.84. The Bertz CT molecular complexity index is 559. The van der Waals surface area contributed by atoms with Crippen molar-refractivity contribution in [3.63, 3.8) is 0 Å². The fourth-order valence-corrected chi connectivity index (χ4v) is 1.86. The minimum atomic E-state index is -0.00421. The van der Waals surface area contributed by atoms with Crippen LogP contribution in [0.4, 0.5) is 0 Å². The molecule has 0 bridgehead atoms. The first-order valence-corrected chi connectivity index (χ1v) is 5.96. The van der Waals surface area contributed by atoms with Crippen LogP contribution in [0.2, 0.25) is 0 Å².